The molecule has 0 aliphatic heterocycles. The molecule has 156 valence electrons. The Balaban J connectivity index is 1.60. The van der Waals surface area contributed by atoms with Crippen LogP contribution in [0.5, 0.6) is 5.75 Å². The van der Waals surface area contributed by atoms with Gasteiger partial charge in [-0.05, 0) is 42.0 Å². The summed E-state index contributed by atoms with van der Waals surface area (Å²) in [5.41, 5.74) is 2.07. The summed E-state index contributed by atoms with van der Waals surface area (Å²) < 4.78 is 11.2. The third kappa shape index (κ3) is 4.84. The first-order chi connectivity index (χ1) is 15.1. The van der Waals surface area contributed by atoms with Gasteiger partial charge in [0.1, 0.15) is 11.8 Å². The summed E-state index contributed by atoms with van der Waals surface area (Å²) in [6.07, 6.45) is 0. The molecule has 1 heterocycles. The van der Waals surface area contributed by atoms with Crippen LogP contribution in [-0.4, -0.2) is 23.3 Å². The molecule has 0 fully saturated rings. The van der Waals surface area contributed by atoms with Crippen LogP contribution < -0.4 is 15.4 Å². The number of ether oxygens (including phenoxy) is 1. The molecule has 2 amide bonds. The van der Waals surface area contributed by atoms with Gasteiger partial charge in [-0.1, -0.05) is 54.1 Å². The van der Waals surface area contributed by atoms with E-state index < -0.39 is 12.1 Å². The standard InChI is InChI=1S/C23H19ClN4O3/c1-30-19-10-6-5-9-18(19)25-23(29)26-20(15-7-3-2-4-8-15)22-28-27-21(31-22)16-11-13-17(24)14-12-16/h2-14,20H,1H3,(H2,25,26,29). The lowest BCUT2D eigenvalue weighted by atomic mass is 10.1. The first-order valence-corrected chi connectivity index (χ1v) is 9.86. The molecule has 0 aliphatic carbocycles. The summed E-state index contributed by atoms with van der Waals surface area (Å²) in [6, 6.07) is 22.5. The van der Waals surface area contributed by atoms with E-state index in [1.54, 1.807) is 43.5 Å². The maximum Gasteiger partial charge on any atom is 0.320 e. The fourth-order valence-corrected chi connectivity index (χ4v) is 3.16. The number of nitrogens with one attached hydrogen (secondary N) is 2. The van der Waals surface area contributed by atoms with E-state index >= 15 is 0 Å². The highest BCUT2D eigenvalue weighted by molar-refractivity contribution is 6.30. The first-order valence-electron chi connectivity index (χ1n) is 9.49. The zero-order chi connectivity index (χ0) is 21.6. The van der Waals surface area contributed by atoms with E-state index in [1.807, 2.05) is 42.5 Å². The van der Waals surface area contributed by atoms with Crippen molar-refractivity contribution in [2.75, 3.05) is 12.4 Å². The third-order valence-corrected chi connectivity index (χ3v) is 4.79. The van der Waals surface area contributed by atoms with Crippen molar-refractivity contribution in [2.24, 2.45) is 0 Å². The number of methoxy groups -OCH3 is 1. The van der Waals surface area contributed by atoms with Crippen molar-refractivity contribution in [3.63, 3.8) is 0 Å². The Hall–Kier alpha value is -3.84. The van der Waals surface area contributed by atoms with Crippen molar-refractivity contribution in [2.45, 2.75) is 6.04 Å². The maximum atomic E-state index is 12.8. The molecule has 4 aromatic rings. The van der Waals surface area contributed by atoms with Crippen molar-refractivity contribution in [3.8, 4) is 17.2 Å². The fourth-order valence-electron chi connectivity index (χ4n) is 3.03. The highest BCUT2D eigenvalue weighted by Gasteiger charge is 2.24. The number of amides is 2. The average Bonchev–Trinajstić information content (AvgIpc) is 3.29. The summed E-state index contributed by atoms with van der Waals surface area (Å²) in [5, 5.41) is 14.6. The van der Waals surface area contributed by atoms with Gasteiger partial charge in [0.15, 0.2) is 0 Å². The molecule has 8 heteroatoms. The molecule has 1 atom stereocenters. The van der Waals surface area contributed by atoms with Gasteiger partial charge in [-0.25, -0.2) is 4.79 Å². The predicted octanol–water partition coefficient (Wildman–Crippen LogP) is 5.31. The Morgan fingerprint density at radius 1 is 0.968 bits per heavy atom. The van der Waals surface area contributed by atoms with E-state index in [-0.39, 0.29) is 5.89 Å². The van der Waals surface area contributed by atoms with E-state index in [2.05, 4.69) is 20.8 Å². The lowest BCUT2D eigenvalue weighted by Gasteiger charge is -2.17. The van der Waals surface area contributed by atoms with Crippen LogP contribution in [0.25, 0.3) is 11.5 Å². The number of hydrogen-bond donors (Lipinski definition) is 2. The van der Waals surface area contributed by atoms with Crippen molar-refractivity contribution in [3.05, 3.63) is 95.3 Å². The summed E-state index contributed by atoms with van der Waals surface area (Å²) in [6.45, 7) is 0. The number of para-hydroxylation sites is 2. The highest BCUT2D eigenvalue weighted by atomic mass is 35.5. The maximum absolute atomic E-state index is 12.8. The molecule has 0 spiro atoms. The molecule has 2 N–H and O–H groups in total. The molecule has 7 nitrogen and oxygen atoms in total. The van der Waals surface area contributed by atoms with E-state index in [9.17, 15) is 4.79 Å². The number of carbonyl (C=O) groups is 1. The van der Waals surface area contributed by atoms with Crippen LogP contribution in [0.3, 0.4) is 0 Å². The second kappa shape index (κ2) is 9.32. The van der Waals surface area contributed by atoms with Crippen molar-refractivity contribution >= 4 is 23.3 Å². The Labute approximate surface area is 184 Å². The normalized spacial score (nSPS) is 11.5. The average molecular weight is 435 g/mol. The lowest BCUT2D eigenvalue weighted by Crippen LogP contribution is -2.33. The highest BCUT2D eigenvalue weighted by Crippen LogP contribution is 2.27. The topological polar surface area (TPSA) is 89.3 Å². The summed E-state index contributed by atoms with van der Waals surface area (Å²) >= 11 is 5.95. The van der Waals surface area contributed by atoms with Crippen LogP contribution in [-0.2, 0) is 0 Å². The van der Waals surface area contributed by atoms with Gasteiger partial charge >= 0.3 is 6.03 Å². The predicted molar refractivity (Wildman–Crippen MR) is 118 cm³/mol. The Kier molecular flexibility index (Phi) is 6.14. The summed E-state index contributed by atoms with van der Waals surface area (Å²) in [7, 11) is 1.54. The van der Waals surface area contributed by atoms with Crippen LogP contribution in [0.1, 0.15) is 17.5 Å². The van der Waals surface area contributed by atoms with Crippen molar-refractivity contribution in [1.29, 1.82) is 0 Å². The van der Waals surface area contributed by atoms with Crippen LogP contribution in [0.4, 0.5) is 10.5 Å². The number of anilines is 1. The number of aromatic nitrogens is 2. The Morgan fingerprint density at radius 3 is 2.42 bits per heavy atom. The molecule has 1 unspecified atom stereocenters. The van der Waals surface area contributed by atoms with Crippen LogP contribution >= 0.6 is 11.6 Å². The number of urea groups is 1. The van der Waals surface area contributed by atoms with Crippen molar-refractivity contribution in [1.82, 2.24) is 15.5 Å². The Morgan fingerprint density at radius 2 is 1.68 bits per heavy atom. The van der Waals surface area contributed by atoms with Crippen molar-refractivity contribution < 1.29 is 13.9 Å². The molecule has 0 aliphatic rings. The first kappa shape index (κ1) is 20.4. The summed E-state index contributed by atoms with van der Waals surface area (Å²) in [5.74, 6) is 1.14. The van der Waals surface area contributed by atoms with E-state index in [4.69, 9.17) is 20.8 Å². The zero-order valence-electron chi connectivity index (χ0n) is 16.6. The SMILES string of the molecule is COc1ccccc1NC(=O)NC(c1ccccc1)c1nnc(-c2ccc(Cl)cc2)o1. The van der Waals surface area contributed by atoms with Gasteiger partial charge in [0.05, 0.1) is 12.8 Å². The summed E-state index contributed by atoms with van der Waals surface area (Å²) in [4.78, 5) is 12.8. The second-order valence-electron chi connectivity index (χ2n) is 6.59. The van der Waals surface area contributed by atoms with Crippen LogP contribution in [0, 0.1) is 0 Å². The quantitative estimate of drug-likeness (QED) is 0.429. The van der Waals surface area contributed by atoms with Gasteiger partial charge in [-0.15, -0.1) is 10.2 Å². The van der Waals surface area contributed by atoms with Gasteiger partial charge in [-0.2, -0.15) is 0 Å². The molecule has 4 rings (SSSR count). The largest absolute Gasteiger partial charge is 0.495 e. The van der Waals surface area contributed by atoms with Crippen LogP contribution in [0.2, 0.25) is 5.02 Å². The second-order valence-corrected chi connectivity index (χ2v) is 7.03. The van der Waals surface area contributed by atoms with Gasteiger partial charge < -0.3 is 19.8 Å². The van der Waals surface area contributed by atoms with E-state index in [1.165, 1.54) is 0 Å². The van der Waals surface area contributed by atoms with E-state index in [0.29, 0.717) is 22.4 Å². The van der Waals surface area contributed by atoms with Gasteiger partial charge in [0.25, 0.3) is 0 Å². The minimum absolute atomic E-state index is 0.256. The van der Waals surface area contributed by atoms with Gasteiger partial charge in [-0.3, -0.25) is 0 Å². The molecule has 0 saturated carbocycles. The molecule has 3 aromatic carbocycles. The minimum Gasteiger partial charge on any atom is -0.495 e. The number of carbonyl (C=O) groups excluding carboxylic acids is 1. The number of rotatable bonds is 6. The van der Waals surface area contributed by atoms with Crippen LogP contribution in [0.15, 0.2) is 83.3 Å². The zero-order valence-corrected chi connectivity index (χ0v) is 17.3. The number of halogens is 1. The van der Waals surface area contributed by atoms with Gasteiger partial charge in [0.2, 0.25) is 11.8 Å². The number of nitrogens with zero attached hydrogens (tertiary/aromatic N) is 2. The molecule has 0 saturated heterocycles. The molecule has 1 aromatic heterocycles. The molecule has 0 radical (unpaired) electrons. The molecule has 31 heavy (non-hydrogen) atoms. The third-order valence-electron chi connectivity index (χ3n) is 4.54. The fraction of sp³-hybridized carbons (Fsp3) is 0.0870. The molecule has 0 bridgehead atoms. The lowest BCUT2D eigenvalue weighted by molar-refractivity contribution is 0.248. The Bertz CT molecular complexity index is 1160. The van der Waals surface area contributed by atoms with Gasteiger partial charge in [0, 0.05) is 10.6 Å². The molecular weight excluding hydrogens is 416 g/mol. The monoisotopic (exact) mass is 434 g/mol. The number of hydrogen-bond acceptors (Lipinski definition) is 5. The van der Waals surface area contributed by atoms with E-state index in [0.717, 1.165) is 11.1 Å². The smallest absolute Gasteiger partial charge is 0.320 e. The number of benzene rings is 3. The minimum atomic E-state index is -0.649. The molecular formula is C23H19ClN4O3.